The number of nitrogens with one attached hydrogen (secondary N) is 4. The Morgan fingerprint density at radius 3 is 2.19 bits per heavy atom. The number of benzene rings is 3. The van der Waals surface area contributed by atoms with Crippen molar-refractivity contribution >= 4 is 17.7 Å². The van der Waals surface area contributed by atoms with Crippen LogP contribution in [0.3, 0.4) is 0 Å². The lowest BCUT2D eigenvalue weighted by Gasteiger charge is -2.28. The van der Waals surface area contributed by atoms with Gasteiger partial charge in [-0.25, -0.2) is 0 Å². The van der Waals surface area contributed by atoms with E-state index in [1.54, 1.807) is 6.92 Å². The lowest BCUT2D eigenvalue weighted by atomic mass is 9.98. The Morgan fingerprint density at radius 1 is 0.857 bits per heavy atom. The number of carbonyl (C=O) groups excluding carboxylic acids is 3. The second-order valence-electron chi connectivity index (χ2n) is 11.3. The van der Waals surface area contributed by atoms with E-state index in [0.717, 1.165) is 22.3 Å². The van der Waals surface area contributed by atoms with E-state index in [9.17, 15) is 19.5 Å². The molecule has 8 heteroatoms. The van der Waals surface area contributed by atoms with Gasteiger partial charge in [0.05, 0.1) is 6.10 Å². The summed E-state index contributed by atoms with van der Waals surface area (Å²) in [5.41, 5.74) is 3.81. The average Bonchev–Trinajstić information content (AvgIpc) is 2.97. The molecule has 0 aliphatic heterocycles. The Morgan fingerprint density at radius 2 is 1.52 bits per heavy atom. The van der Waals surface area contributed by atoms with Gasteiger partial charge in [-0.2, -0.15) is 0 Å². The fourth-order valence-electron chi connectivity index (χ4n) is 4.66. The second kappa shape index (κ2) is 15.8. The molecule has 8 nitrogen and oxygen atoms in total. The van der Waals surface area contributed by atoms with Crippen molar-refractivity contribution in [3.05, 3.63) is 95.6 Å². The molecule has 5 N–H and O–H groups in total. The van der Waals surface area contributed by atoms with Crippen molar-refractivity contribution in [1.82, 2.24) is 21.3 Å². The summed E-state index contributed by atoms with van der Waals surface area (Å²) in [6.45, 7) is 8.59. The van der Waals surface area contributed by atoms with Crippen molar-refractivity contribution in [3.8, 4) is 11.1 Å². The molecule has 224 valence electrons. The molecule has 42 heavy (non-hydrogen) atoms. The smallest absolute Gasteiger partial charge is 0.251 e. The predicted molar refractivity (Wildman–Crippen MR) is 167 cm³/mol. The molecule has 3 aromatic rings. The van der Waals surface area contributed by atoms with Gasteiger partial charge >= 0.3 is 0 Å². The Bertz CT molecular complexity index is 1310. The first kappa shape index (κ1) is 32.5. The Hall–Kier alpha value is -4.01. The van der Waals surface area contributed by atoms with Crippen molar-refractivity contribution in [2.24, 2.45) is 0 Å². The lowest BCUT2D eigenvalue weighted by molar-refractivity contribution is -0.129. The molecule has 0 saturated heterocycles. The number of β-amino-alcohol motifs (C(OH)–C–C–N with tert-alkyl or cyclic N) is 1. The van der Waals surface area contributed by atoms with E-state index >= 15 is 0 Å². The molecule has 0 fully saturated rings. The van der Waals surface area contributed by atoms with Crippen LogP contribution < -0.4 is 21.3 Å². The van der Waals surface area contributed by atoms with Crippen molar-refractivity contribution < 1.29 is 19.5 Å². The van der Waals surface area contributed by atoms with Gasteiger partial charge in [-0.15, -0.1) is 0 Å². The molecule has 0 aromatic heterocycles. The number of amides is 3. The third kappa shape index (κ3) is 10.4. The quantitative estimate of drug-likeness (QED) is 0.189. The highest BCUT2D eigenvalue weighted by Crippen LogP contribution is 2.24. The van der Waals surface area contributed by atoms with Gasteiger partial charge < -0.3 is 26.4 Å². The number of carbonyl (C=O) groups is 3. The summed E-state index contributed by atoms with van der Waals surface area (Å²) in [5, 5.41) is 21.6. The van der Waals surface area contributed by atoms with E-state index in [2.05, 4.69) is 21.3 Å². The maximum absolute atomic E-state index is 13.3. The minimum Gasteiger partial charge on any atom is -0.392 e. The van der Waals surface area contributed by atoms with Gasteiger partial charge in [0.15, 0.2) is 0 Å². The Labute approximate surface area is 249 Å². The lowest BCUT2D eigenvalue weighted by Crippen LogP contribution is -2.51. The molecule has 3 amide bonds. The van der Waals surface area contributed by atoms with Crippen LogP contribution in [0.1, 0.15) is 62.0 Å². The molecule has 0 unspecified atom stereocenters. The van der Waals surface area contributed by atoms with E-state index in [4.69, 9.17) is 0 Å². The number of aryl methyl sites for hydroxylation is 1. The highest BCUT2D eigenvalue weighted by Gasteiger charge is 2.26. The standard InChI is InChI=1S/C34H44N4O4/c1-5-35-32(41)29-14-10-9-13-28(29)27-18-15-26(16-19-27)23-36-33(42)30(20-17-25-11-7-6-8-12-25)38-31(40)21-34(3,4)37-22-24(2)39/h6-16,18-19,24,30,37,39H,5,17,20-23H2,1-4H3,(H,35,41)(H,36,42)(H,38,40)/t24-,30-/m1/s1. The van der Waals surface area contributed by atoms with Crippen molar-refractivity contribution in [1.29, 1.82) is 0 Å². The van der Waals surface area contributed by atoms with Gasteiger partial charge in [0, 0.05) is 37.2 Å². The van der Waals surface area contributed by atoms with E-state index in [1.807, 2.05) is 99.6 Å². The minimum atomic E-state index is -0.700. The normalized spacial score (nSPS) is 12.7. The van der Waals surface area contributed by atoms with Crippen molar-refractivity contribution in [2.75, 3.05) is 13.1 Å². The summed E-state index contributed by atoms with van der Waals surface area (Å²) >= 11 is 0. The van der Waals surface area contributed by atoms with Crippen LogP contribution in [0.15, 0.2) is 78.9 Å². The molecule has 0 aliphatic rings. The third-order valence-electron chi connectivity index (χ3n) is 6.94. The first-order valence-corrected chi connectivity index (χ1v) is 14.6. The zero-order valence-electron chi connectivity index (χ0n) is 25.1. The van der Waals surface area contributed by atoms with Gasteiger partial charge in [-0.05, 0) is 68.9 Å². The number of rotatable bonds is 15. The molecule has 0 heterocycles. The van der Waals surface area contributed by atoms with E-state index in [1.165, 1.54) is 0 Å². The maximum atomic E-state index is 13.3. The van der Waals surface area contributed by atoms with E-state index in [0.29, 0.717) is 38.0 Å². The van der Waals surface area contributed by atoms with Crippen LogP contribution >= 0.6 is 0 Å². The van der Waals surface area contributed by atoms with Crippen LogP contribution in [0.2, 0.25) is 0 Å². The van der Waals surface area contributed by atoms with Crippen LogP contribution in [-0.4, -0.2) is 53.6 Å². The van der Waals surface area contributed by atoms with Gasteiger partial charge in [-0.3, -0.25) is 14.4 Å². The third-order valence-corrected chi connectivity index (χ3v) is 6.94. The fraction of sp³-hybridized carbons (Fsp3) is 0.382. The van der Waals surface area contributed by atoms with E-state index in [-0.39, 0.29) is 24.1 Å². The van der Waals surface area contributed by atoms with Gasteiger partial charge in [0.25, 0.3) is 5.91 Å². The predicted octanol–water partition coefficient (Wildman–Crippen LogP) is 3.98. The topological polar surface area (TPSA) is 120 Å². The van der Waals surface area contributed by atoms with Gasteiger partial charge in [0.2, 0.25) is 11.8 Å². The van der Waals surface area contributed by atoms with Gasteiger partial charge in [-0.1, -0.05) is 72.8 Å². The molecule has 3 aromatic carbocycles. The molecule has 3 rings (SSSR count). The molecular formula is C34H44N4O4. The summed E-state index contributed by atoms with van der Waals surface area (Å²) in [4.78, 5) is 38.8. The fourth-order valence-corrected chi connectivity index (χ4v) is 4.66. The Kier molecular flexibility index (Phi) is 12.3. The van der Waals surface area contributed by atoms with Crippen molar-refractivity contribution in [2.45, 2.75) is 71.2 Å². The van der Waals surface area contributed by atoms with Crippen LogP contribution in [0.4, 0.5) is 0 Å². The molecule has 0 saturated carbocycles. The molecular weight excluding hydrogens is 528 g/mol. The van der Waals surface area contributed by atoms with Crippen LogP contribution in [0, 0.1) is 0 Å². The SMILES string of the molecule is CCNC(=O)c1ccccc1-c1ccc(CNC(=O)[C@@H](CCc2ccccc2)NC(=O)CC(C)(C)NC[C@@H](C)O)cc1. The number of hydrogen-bond acceptors (Lipinski definition) is 5. The zero-order chi connectivity index (χ0) is 30.5. The molecule has 0 radical (unpaired) electrons. The monoisotopic (exact) mass is 572 g/mol. The first-order chi connectivity index (χ1) is 20.1. The zero-order valence-corrected chi connectivity index (χ0v) is 25.1. The summed E-state index contributed by atoms with van der Waals surface area (Å²) < 4.78 is 0. The van der Waals surface area contributed by atoms with Crippen LogP contribution in [0.25, 0.3) is 11.1 Å². The number of aliphatic hydroxyl groups is 1. The highest BCUT2D eigenvalue weighted by molar-refractivity contribution is 6.00. The molecule has 2 atom stereocenters. The number of aliphatic hydroxyl groups excluding tert-OH is 1. The molecule has 0 aliphatic carbocycles. The summed E-state index contributed by atoms with van der Waals surface area (Å²) in [7, 11) is 0. The summed E-state index contributed by atoms with van der Waals surface area (Å²) in [5.74, 6) is -0.601. The first-order valence-electron chi connectivity index (χ1n) is 14.6. The largest absolute Gasteiger partial charge is 0.392 e. The Balaban J connectivity index is 1.66. The van der Waals surface area contributed by atoms with Gasteiger partial charge in [0.1, 0.15) is 6.04 Å². The van der Waals surface area contributed by atoms with Crippen LogP contribution in [0.5, 0.6) is 0 Å². The summed E-state index contributed by atoms with van der Waals surface area (Å²) in [6.07, 6.45) is 0.732. The number of hydrogen-bond donors (Lipinski definition) is 5. The summed E-state index contributed by atoms with van der Waals surface area (Å²) in [6, 6.07) is 24.4. The van der Waals surface area contributed by atoms with Crippen LogP contribution in [-0.2, 0) is 22.6 Å². The maximum Gasteiger partial charge on any atom is 0.251 e. The van der Waals surface area contributed by atoms with Crippen molar-refractivity contribution in [3.63, 3.8) is 0 Å². The second-order valence-corrected chi connectivity index (χ2v) is 11.3. The minimum absolute atomic E-state index is 0.116. The molecule has 0 spiro atoms. The highest BCUT2D eigenvalue weighted by atomic mass is 16.3. The van der Waals surface area contributed by atoms with E-state index < -0.39 is 17.7 Å². The average molecular weight is 573 g/mol. The molecule has 0 bridgehead atoms.